The molecule has 4 nitrogen and oxygen atoms in total. The molecular weight excluding hydrogens is 272 g/mol. The molecule has 112 valence electrons. The molecular formula is C15H25ClN4. The first-order valence-electron chi connectivity index (χ1n) is 7.74. The van der Waals surface area contributed by atoms with Gasteiger partial charge in [0.2, 0.25) is 0 Å². The first-order valence-corrected chi connectivity index (χ1v) is 8.12. The van der Waals surface area contributed by atoms with Crippen LogP contribution in [0.25, 0.3) is 5.65 Å². The molecule has 0 aliphatic carbocycles. The second-order valence-corrected chi connectivity index (χ2v) is 6.10. The van der Waals surface area contributed by atoms with Gasteiger partial charge < -0.3 is 0 Å². The Hall–Kier alpha value is -1.03. The van der Waals surface area contributed by atoms with Crippen LogP contribution in [0.1, 0.15) is 76.2 Å². The summed E-state index contributed by atoms with van der Waals surface area (Å²) in [5.41, 5.74) is 1.69. The number of halogens is 1. The predicted molar refractivity (Wildman–Crippen MR) is 83.5 cm³/mol. The molecule has 0 bridgehead atoms. The lowest BCUT2D eigenvalue weighted by Gasteiger charge is -2.08. The molecule has 5 heteroatoms. The maximum atomic E-state index is 6.18. The van der Waals surface area contributed by atoms with E-state index in [0.717, 1.165) is 23.6 Å². The van der Waals surface area contributed by atoms with Gasteiger partial charge in [-0.25, -0.2) is 4.52 Å². The molecule has 0 aliphatic rings. The first-order chi connectivity index (χ1) is 9.65. The monoisotopic (exact) mass is 296 g/mol. The zero-order chi connectivity index (χ0) is 14.5. The number of fused-ring (bicyclic) bond motifs is 1. The third-order valence-electron chi connectivity index (χ3n) is 3.92. The highest BCUT2D eigenvalue weighted by molar-refractivity contribution is 6.34. The smallest absolute Gasteiger partial charge is 0.196 e. The average Bonchev–Trinajstić information content (AvgIpc) is 2.95. The average molecular weight is 297 g/mol. The summed E-state index contributed by atoms with van der Waals surface area (Å²) < 4.78 is 1.93. The molecule has 1 N–H and O–H groups in total. The fourth-order valence-corrected chi connectivity index (χ4v) is 2.78. The predicted octanol–water partition coefficient (Wildman–Crippen LogP) is 4.87. The standard InChI is InChI=1S/C15H25ClN4/c1-4-5-6-7-8-9-10-11(2)14-17-18-15-13(16)12(3)19-20(14)15/h11,19H,4-10H2,1-3H3. The molecule has 0 saturated heterocycles. The second-order valence-electron chi connectivity index (χ2n) is 5.73. The summed E-state index contributed by atoms with van der Waals surface area (Å²) in [6.45, 7) is 6.42. The van der Waals surface area contributed by atoms with Gasteiger partial charge in [0.15, 0.2) is 11.5 Å². The van der Waals surface area contributed by atoms with Crippen molar-refractivity contribution < 1.29 is 0 Å². The van der Waals surface area contributed by atoms with Crippen LogP contribution in [0.4, 0.5) is 0 Å². The number of hydrogen-bond donors (Lipinski definition) is 1. The molecule has 0 aromatic carbocycles. The van der Waals surface area contributed by atoms with E-state index >= 15 is 0 Å². The van der Waals surface area contributed by atoms with E-state index in [-0.39, 0.29) is 0 Å². The Kier molecular flexibility index (Phi) is 5.46. The van der Waals surface area contributed by atoms with Crippen LogP contribution in [-0.4, -0.2) is 19.8 Å². The summed E-state index contributed by atoms with van der Waals surface area (Å²) in [5.74, 6) is 1.40. The van der Waals surface area contributed by atoms with Crippen molar-refractivity contribution >= 4 is 17.2 Å². The summed E-state index contributed by atoms with van der Waals surface area (Å²) >= 11 is 6.18. The molecule has 2 aromatic rings. The Morgan fingerprint density at radius 1 is 1.15 bits per heavy atom. The number of aryl methyl sites for hydroxylation is 1. The van der Waals surface area contributed by atoms with E-state index in [1.54, 1.807) is 0 Å². The lowest BCUT2D eigenvalue weighted by Crippen LogP contribution is -2.02. The van der Waals surface area contributed by atoms with Crippen LogP contribution in [0.5, 0.6) is 0 Å². The van der Waals surface area contributed by atoms with Gasteiger partial charge in [-0.3, -0.25) is 5.10 Å². The van der Waals surface area contributed by atoms with Gasteiger partial charge >= 0.3 is 0 Å². The Balaban J connectivity index is 1.88. The number of aromatic nitrogens is 4. The van der Waals surface area contributed by atoms with E-state index < -0.39 is 0 Å². The van der Waals surface area contributed by atoms with Crippen LogP contribution >= 0.6 is 11.6 Å². The zero-order valence-corrected chi connectivity index (χ0v) is 13.5. The SMILES string of the molecule is CCCCCCCCC(C)c1nnc2c(Cl)c(C)[nH]n12. The van der Waals surface area contributed by atoms with Crippen molar-refractivity contribution in [1.29, 1.82) is 0 Å². The van der Waals surface area contributed by atoms with E-state index in [0.29, 0.717) is 10.9 Å². The Morgan fingerprint density at radius 3 is 2.60 bits per heavy atom. The number of unbranched alkanes of at least 4 members (excludes halogenated alkanes) is 5. The van der Waals surface area contributed by atoms with Crippen molar-refractivity contribution in [2.24, 2.45) is 0 Å². The number of rotatable bonds is 8. The summed E-state index contributed by atoms with van der Waals surface area (Å²) in [5, 5.41) is 12.4. The number of nitrogens with one attached hydrogen (secondary N) is 1. The molecule has 2 heterocycles. The third kappa shape index (κ3) is 3.35. The molecule has 20 heavy (non-hydrogen) atoms. The minimum Gasteiger partial charge on any atom is -0.294 e. The van der Waals surface area contributed by atoms with Crippen molar-refractivity contribution in [3.05, 3.63) is 16.5 Å². The molecule has 2 rings (SSSR count). The highest BCUT2D eigenvalue weighted by Crippen LogP contribution is 2.25. The minimum atomic E-state index is 0.408. The second kappa shape index (κ2) is 7.11. The van der Waals surface area contributed by atoms with Gasteiger partial charge in [0.25, 0.3) is 0 Å². The van der Waals surface area contributed by atoms with Gasteiger partial charge in [-0.2, -0.15) is 0 Å². The van der Waals surface area contributed by atoms with Gasteiger partial charge in [0, 0.05) is 5.92 Å². The fraction of sp³-hybridized carbons (Fsp3) is 0.733. The van der Waals surface area contributed by atoms with E-state index in [1.807, 2.05) is 11.4 Å². The molecule has 0 saturated carbocycles. The van der Waals surface area contributed by atoms with E-state index in [1.165, 1.54) is 38.5 Å². The van der Waals surface area contributed by atoms with Gasteiger partial charge in [-0.05, 0) is 13.3 Å². The van der Waals surface area contributed by atoms with Crippen molar-refractivity contribution in [3.63, 3.8) is 0 Å². The molecule has 0 aliphatic heterocycles. The topological polar surface area (TPSA) is 46.0 Å². The van der Waals surface area contributed by atoms with Crippen molar-refractivity contribution in [3.8, 4) is 0 Å². The van der Waals surface area contributed by atoms with Crippen molar-refractivity contribution in [1.82, 2.24) is 19.8 Å². The number of hydrogen-bond acceptors (Lipinski definition) is 2. The van der Waals surface area contributed by atoms with Crippen LogP contribution in [0.15, 0.2) is 0 Å². The molecule has 0 fully saturated rings. The zero-order valence-electron chi connectivity index (χ0n) is 12.7. The summed E-state index contributed by atoms with van der Waals surface area (Å²) in [6, 6.07) is 0. The van der Waals surface area contributed by atoms with Gasteiger partial charge in [0.05, 0.1) is 5.69 Å². The number of H-pyrrole nitrogens is 1. The fourth-order valence-electron chi connectivity index (χ4n) is 2.61. The molecule has 0 spiro atoms. The minimum absolute atomic E-state index is 0.408. The maximum Gasteiger partial charge on any atom is 0.196 e. The summed E-state index contributed by atoms with van der Waals surface area (Å²) in [7, 11) is 0. The van der Waals surface area contributed by atoms with Gasteiger partial charge in [-0.15, -0.1) is 10.2 Å². The Morgan fingerprint density at radius 2 is 1.85 bits per heavy atom. The Labute approximate surface area is 125 Å². The molecule has 0 radical (unpaired) electrons. The third-order valence-corrected chi connectivity index (χ3v) is 4.38. The lowest BCUT2D eigenvalue weighted by atomic mass is 10.0. The molecule has 1 atom stereocenters. The van der Waals surface area contributed by atoms with Crippen molar-refractivity contribution in [2.45, 2.75) is 71.6 Å². The van der Waals surface area contributed by atoms with Gasteiger partial charge in [0.1, 0.15) is 5.02 Å². The van der Waals surface area contributed by atoms with Crippen LogP contribution in [0.3, 0.4) is 0 Å². The maximum absolute atomic E-state index is 6.18. The molecule has 1 unspecified atom stereocenters. The van der Waals surface area contributed by atoms with Crippen LogP contribution < -0.4 is 0 Å². The largest absolute Gasteiger partial charge is 0.294 e. The highest BCUT2D eigenvalue weighted by atomic mass is 35.5. The number of nitrogens with zero attached hydrogens (tertiary/aromatic N) is 3. The van der Waals surface area contributed by atoms with E-state index in [4.69, 9.17) is 11.6 Å². The van der Waals surface area contributed by atoms with E-state index in [2.05, 4.69) is 29.1 Å². The van der Waals surface area contributed by atoms with Crippen LogP contribution in [0.2, 0.25) is 5.02 Å². The molecule has 0 amide bonds. The van der Waals surface area contributed by atoms with E-state index in [9.17, 15) is 0 Å². The van der Waals surface area contributed by atoms with Gasteiger partial charge in [-0.1, -0.05) is 64.0 Å². The Bertz CT molecular complexity index is 543. The quantitative estimate of drug-likeness (QED) is 0.706. The lowest BCUT2D eigenvalue weighted by molar-refractivity contribution is 0.537. The normalized spacial score (nSPS) is 13.2. The highest BCUT2D eigenvalue weighted by Gasteiger charge is 2.17. The van der Waals surface area contributed by atoms with Crippen LogP contribution in [-0.2, 0) is 0 Å². The van der Waals surface area contributed by atoms with Crippen molar-refractivity contribution in [2.75, 3.05) is 0 Å². The first kappa shape index (κ1) is 15.4. The van der Waals surface area contributed by atoms with Crippen LogP contribution in [0, 0.1) is 6.92 Å². The number of aromatic amines is 1. The summed E-state index contributed by atoms with van der Waals surface area (Å²) in [6.07, 6.45) is 9.11. The summed E-state index contributed by atoms with van der Waals surface area (Å²) in [4.78, 5) is 0. The molecule has 2 aromatic heterocycles.